The molecule has 5 heteroatoms. The van der Waals surface area contributed by atoms with Crippen molar-refractivity contribution in [1.82, 2.24) is 0 Å². The smallest absolute Gasteiger partial charge is 0.246 e. The van der Waals surface area contributed by atoms with Gasteiger partial charge in [0.2, 0.25) is 5.91 Å². The molecule has 1 amide bonds. The molecule has 0 aromatic carbocycles. The lowest BCUT2D eigenvalue weighted by Gasteiger charge is -2.08. The van der Waals surface area contributed by atoms with Crippen LogP contribution in [0.5, 0.6) is 0 Å². The monoisotopic (exact) mass is 209 g/mol. The molecular formula is C10H11NO4. The second-order valence-electron chi connectivity index (χ2n) is 3.23. The molecule has 0 saturated carbocycles. The molecule has 1 rings (SSSR count). The Bertz CT molecular complexity index is 368. The molecule has 0 bridgehead atoms. The number of nitrogens with two attached hydrogens (primary N) is 1. The Kier molecular flexibility index (Phi) is 3.51. The number of ketones is 2. The molecule has 1 atom stereocenters. The summed E-state index contributed by atoms with van der Waals surface area (Å²) in [6.45, 7) is 0. The van der Waals surface area contributed by atoms with Crippen molar-refractivity contribution in [2.24, 2.45) is 5.73 Å². The predicted octanol–water partition coefficient (Wildman–Crippen LogP) is -0.753. The fraction of sp³-hybridized carbons (Fsp3) is 0.300. The number of allylic oxidation sites excluding steroid dienone is 4. The Morgan fingerprint density at radius 1 is 1.40 bits per heavy atom. The minimum Gasteiger partial charge on any atom is -0.383 e. The number of primary amides is 1. The lowest BCUT2D eigenvalue weighted by atomic mass is 9.98. The van der Waals surface area contributed by atoms with Crippen molar-refractivity contribution in [3.63, 3.8) is 0 Å². The predicted molar refractivity (Wildman–Crippen MR) is 51.7 cm³/mol. The molecule has 0 spiro atoms. The van der Waals surface area contributed by atoms with Gasteiger partial charge in [-0.15, -0.1) is 0 Å². The van der Waals surface area contributed by atoms with Crippen LogP contribution >= 0.6 is 0 Å². The van der Waals surface area contributed by atoms with E-state index in [0.717, 1.165) is 0 Å². The van der Waals surface area contributed by atoms with Gasteiger partial charge in [0.1, 0.15) is 6.10 Å². The minimum atomic E-state index is -1.28. The average Bonchev–Trinajstić information content (AvgIpc) is 2.18. The van der Waals surface area contributed by atoms with Crippen LogP contribution in [-0.4, -0.2) is 28.7 Å². The van der Waals surface area contributed by atoms with Gasteiger partial charge in [0.05, 0.1) is 0 Å². The maximum atomic E-state index is 11.2. The van der Waals surface area contributed by atoms with E-state index in [0.29, 0.717) is 5.57 Å². The zero-order valence-corrected chi connectivity index (χ0v) is 7.97. The fourth-order valence-electron chi connectivity index (χ4n) is 1.19. The van der Waals surface area contributed by atoms with Crippen LogP contribution in [0.1, 0.15) is 12.8 Å². The van der Waals surface area contributed by atoms with Gasteiger partial charge in [-0.25, -0.2) is 0 Å². The van der Waals surface area contributed by atoms with Crippen LogP contribution in [-0.2, 0) is 14.4 Å². The normalized spacial score (nSPS) is 17.5. The molecule has 3 N–H and O–H groups in total. The number of aliphatic hydroxyl groups is 1. The van der Waals surface area contributed by atoms with E-state index in [1.165, 1.54) is 18.2 Å². The summed E-state index contributed by atoms with van der Waals surface area (Å²) in [4.78, 5) is 32.6. The highest BCUT2D eigenvalue weighted by Crippen LogP contribution is 2.13. The first kappa shape index (κ1) is 11.3. The first-order valence-corrected chi connectivity index (χ1v) is 4.45. The molecule has 15 heavy (non-hydrogen) atoms. The zero-order chi connectivity index (χ0) is 11.4. The van der Waals surface area contributed by atoms with E-state index in [9.17, 15) is 14.4 Å². The summed E-state index contributed by atoms with van der Waals surface area (Å²) in [7, 11) is 0. The van der Waals surface area contributed by atoms with Crippen LogP contribution in [0.3, 0.4) is 0 Å². The van der Waals surface area contributed by atoms with Crippen LogP contribution in [0.2, 0.25) is 0 Å². The summed E-state index contributed by atoms with van der Waals surface area (Å²) in [6.07, 6.45) is 2.49. The molecule has 5 nitrogen and oxygen atoms in total. The van der Waals surface area contributed by atoms with Crippen LogP contribution in [0.25, 0.3) is 0 Å². The van der Waals surface area contributed by atoms with E-state index >= 15 is 0 Å². The molecule has 1 aliphatic rings. The van der Waals surface area contributed by atoms with Crippen molar-refractivity contribution in [3.05, 3.63) is 23.8 Å². The standard InChI is InChI=1S/C10H11NO4/c11-10(15)9(14)3-1-6-5-7(12)2-4-8(6)13/h2,4-5,9,14H,1,3H2,(H2,11,15). The molecule has 0 aromatic heterocycles. The van der Waals surface area contributed by atoms with Crippen molar-refractivity contribution in [2.75, 3.05) is 0 Å². The van der Waals surface area contributed by atoms with Crippen molar-refractivity contribution >= 4 is 17.5 Å². The second-order valence-corrected chi connectivity index (χ2v) is 3.23. The molecule has 1 unspecified atom stereocenters. The maximum Gasteiger partial charge on any atom is 0.246 e. The van der Waals surface area contributed by atoms with E-state index in [1.807, 2.05) is 0 Å². The Morgan fingerprint density at radius 3 is 2.67 bits per heavy atom. The van der Waals surface area contributed by atoms with E-state index in [-0.39, 0.29) is 24.4 Å². The third kappa shape index (κ3) is 3.14. The lowest BCUT2D eigenvalue weighted by Crippen LogP contribution is -2.28. The van der Waals surface area contributed by atoms with E-state index in [2.05, 4.69) is 0 Å². The zero-order valence-electron chi connectivity index (χ0n) is 7.97. The van der Waals surface area contributed by atoms with E-state index in [1.54, 1.807) is 0 Å². The molecule has 0 fully saturated rings. The highest BCUT2D eigenvalue weighted by atomic mass is 16.3. The molecular weight excluding hydrogens is 198 g/mol. The van der Waals surface area contributed by atoms with Gasteiger partial charge in [0, 0.05) is 5.57 Å². The van der Waals surface area contributed by atoms with Crippen molar-refractivity contribution < 1.29 is 19.5 Å². The van der Waals surface area contributed by atoms with Gasteiger partial charge in [-0.1, -0.05) is 0 Å². The summed E-state index contributed by atoms with van der Waals surface area (Å²) < 4.78 is 0. The molecule has 0 heterocycles. The van der Waals surface area contributed by atoms with E-state index < -0.39 is 12.0 Å². The molecule has 0 saturated heterocycles. The number of rotatable bonds is 4. The Balaban J connectivity index is 2.55. The SMILES string of the molecule is NC(=O)C(O)CCC1=CC(=O)C=CC1=O. The summed E-state index contributed by atoms with van der Waals surface area (Å²) in [5.41, 5.74) is 5.13. The quantitative estimate of drug-likeness (QED) is 0.595. The number of hydrogen-bond donors (Lipinski definition) is 2. The van der Waals surface area contributed by atoms with Gasteiger partial charge in [-0.3, -0.25) is 14.4 Å². The van der Waals surface area contributed by atoms with Gasteiger partial charge in [0.25, 0.3) is 0 Å². The van der Waals surface area contributed by atoms with Crippen LogP contribution in [0, 0.1) is 0 Å². The highest BCUT2D eigenvalue weighted by Gasteiger charge is 2.16. The van der Waals surface area contributed by atoms with Crippen LogP contribution in [0.4, 0.5) is 0 Å². The Hall–Kier alpha value is -1.75. The van der Waals surface area contributed by atoms with Gasteiger partial charge < -0.3 is 10.8 Å². The number of hydrogen-bond acceptors (Lipinski definition) is 4. The highest BCUT2D eigenvalue weighted by molar-refractivity contribution is 6.17. The topological polar surface area (TPSA) is 97.5 Å². The third-order valence-corrected chi connectivity index (χ3v) is 2.05. The van der Waals surface area contributed by atoms with E-state index in [4.69, 9.17) is 10.8 Å². The third-order valence-electron chi connectivity index (χ3n) is 2.05. The second kappa shape index (κ2) is 4.65. The van der Waals surface area contributed by atoms with Gasteiger partial charge in [0.15, 0.2) is 11.6 Å². The molecule has 0 radical (unpaired) electrons. The van der Waals surface area contributed by atoms with Crippen LogP contribution in [0.15, 0.2) is 23.8 Å². The molecule has 0 aliphatic heterocycles. The fourth-order valence-corrected chi connectivity index (χ4v) is 1.19. The summed E-state index contributed by atoms with van der Waals surface area (Å²) in [6, 6.07) is 0. The van der Waals surface area contributed by atoms with Crippen LogP contribution < -0.4 is 5.73 Å². The first-order valence-electron chi connectivity index (χ1n) is 4.45. The molecule has 80 valence electrons. The maximum absolute atomic E-state index is 11.2. The molecule has 1 aliphatic carbocycles. The van der Waals surface area contributed by atoms with Crippen molar-refractivity contribution in [1.29, 1.82) is 0 Å². The number of amides is 1. The number of carbonyl (C=O) groups is 3. The first-order chi connectivity index (χ1) is 7.00. The Labute approximate surface area is 86.3 Å². The largest absolute Gasteiger partial charge is 0.383 e. The van der Waals surface area contributed by atoms with Crippen molar-refractivity contribution in [2.45, 2.75) is 18.9 Å². The summed E-state index contributed by atoms with van der Waals surface area (Å²) in [5.74, 6) is -1.37. The summed E-state index contributed by atoms with van der Waals surface area (Å²) in [5, 5.41) is 9.09. The van der Waals surface area contributed by atoms with Gasteiger partial charge in [-0.2, -0.15) is 0 Å². The number of carbonyl (C=O) groups excluding carboxylic acids is 3. The number of aliphatic hydroxyl groups excluding tert-OH is 1. The van der Waals surface area contributed by atoms with Gasteiger partial charge >= 0.3 is 0 Å². The summed E-state index contributed by atoms with van der Waals surface area (Å²) >= 11 is 0. The van der Waals surface area contributed by atoms with Crippen molar-refractivity contribution in [3.8, 4) is 0 Å². The Morgan fingerprint density at radius 2 is 2.07 bits per heavy atom. The van der Waals surface area contributed by atoms with Gasteiger partial charge in [-0.05, 0) is 31.1 Å². The lowest BCUT2D eigenvalue weighted by molar-refractivity contribution is -0.126. The molecule has 0 aromatic rings. The average molecular weight is 209 g/mol. The minimum absolute atomic E-state index is 0.0496.